The van der Waals surface area contributed by atoms with Crippen LogP contribution in [0.4, 0.5) is 19.5 Å². The van der Waals surface area contributed by atoms with E-state index < -0.39 is 17.6 Å². The Labute approximate surface area is 208 Å². The van der Waals surface area contributed by atoms with Crippen molar-refractivity contribution in [3.8, 4) is 16.5 Å². The minimum Gasteiger partial charge on any atom is -0.444 e. The van der Waals surface area contributed by atoms with Gasteiger partial charge in [0.05, 0.1) is 12.1 Å². The first-order valence-corrected chi connectivity index (χ1v) is 12.2. The fourth-order valence-corrected chi connectivity index (χ4v) is 5.17. The summed E-state index contributed by atoms with van der Waals surface area (Å²) in [7, 11) is 0. The lowest BCUT2D eigenvalue weighted by Gasteiger charge is -2.40. The first-order chi connectivity index (χ1) is 16.9. The number of ether oxygens (including phenoxy) is 2. The van der Waals surface area contributed by atoms with Crippen LogP contribution in [0.15, 0.2) is 23.7 Å². The summed E-state index contributed by atoms with van der Waals surface area (Å²) in [4.78, 5) is 36.4. The molecule has 2 saturated heterocycles. The molecule has 2 aliphatic rings. The van der Waals surface area contributed by atoms with Crippen LogP contribution < -0.4 is 15.4 Å². The van der Waals surface area contributed by atoms with Gasteiger partial charge in [-0.1, -0.05) is 0 Å². The Morgan fingerprint density at radius 3 is 2.44 bits per heavy atom. The summed E-state index contributed by atoms with van der Waals surface area (Å²) in [5, 5.41) is 6.95. The molecule has 2 unspecified atom stereocenters. The van der Waals surface area contributed by atoms with Crippen LogP contribution in [0.1, 0.15) is 33.6 Å². The molecule has 14 heteroatoms. The van der Waals surface area contributed by atoms with Crippen molar-refractivity contribution in [1.82, 2.24) is 24.5 Å². The molecule has 2 fully saturated rings. The molecule has 2 atom stereocenters. The molecule has 2 amide bonds. The van der Waals surface area contributed by atoms with Gasteiger partial charge in [0.25, 0.3) is 0 Å². The number of nitrogens with two attached hydrogens (primary N) is 1. The summed E-state index contributed by atoms with van der Waals surface area (Å²) in [6, 6.07) is 2.60. The summed E-state index contributed by atoms with van der Waals surface area (Å²) in [6.45, 7) is 6.38. The van der Waals surface area contributed by atoms with E-state index in [4.69, 9.17) is 10.5 Å². The van der Waals surface area contributed by atoms with Crippen LogP contribution in [0, 0.1) is 0 Å². The predicted octanol–water partition coefficient (Wildman–Crippen LogP) is 2.90. The van der Waals surface area contributed by atoms with Crippen molar-refractivity contribution in [2.75, 3.05) is 18.0 Å². The van der Waals surface area contributed by atoms with Crippen LogP contribution in [0.3, 0.4) is 0 Å². The molecule has 36 heavy (non-hydrogen) atoms. The van der Waals surface area contributed by atoms with Gasteiger partial charge >= 0.3 is 18.1 Å². The molecule has 2 N–H and O–H groups in total. The molecular formula is C22H25F2N7O4S. The standard InChI is InChI=1S/C22H25F2N7O4S/c1-21(2,3)35-20(33)30-12-4-5-13(30)11-29(10-12)19-27-16-15(34-22(23,24)18(25)32)7-6-14(31(16)28-19)17-26-8-9-36-17/h6-9,12-13H,4-5,10-11H2,1-3H3,(H2,25,32). The maximum absolute atomic E-state index is 14.0. The molecule has 0 spiro atoms. The van der Waals surface area contributed by atoms with Crippen LogP contribution in [-0.4, -0.2) is 73.4 Å². The van der Waals surface area contributed by atoms with E-state index in [0.29, 0.717) is 23.8 Å². The number of amides is 2. The maximum Gasteiger partial charge on any atom is 0.482 e. The number of rotatable bonds is 5. The Bertz CT molecular complexity index is 1290. The molecule has 2 aliphatic heterocycles. The average Bonchev–Trinajstić information content (AvgIpc) is 3.51. The fraction of sp³-hybridized carbons (Fsp3) is 0.500. The number of alkyl halides is 2. The van der Waals surface area contributed by atoms with E-state index in [1.54, 1.807) is 16.5 Å². The fourth-order valence-electron chi connectivity index (χ4n) is 4.52. The van der Waals surface area contributed by atoms with Gasteiger partial charge in [0, 0.05) is 24.7 Å². The molecule has 0 aliphatic carbocycles. The number of halogens is 2. The van der Waals surface area contributed by atoms with E-state index in [-0.39, 0.29) is 35.5 Å². The van der Waals surface area contributed by atoms with Crippen LogP contribution >= 0.6 is 11.3 Å². The zero-order valence-electron chi connectivity index (χ0n) is 19.9. The first-order valence-electron chi connectivity index (χ1n) is 11.4. The first kappa shape index (κ1) is 24.2. The number of primary amides is 1. The summed E-state index contributed by atoms with van der Waals surface area (Å²) in [6.07, 6.45) is -1.36. The third-order valence-corrected chi connectivity index (χ3v) is 6.78. The third kappa shape index (κ3) is 4.40. The van der Waals surface area contributed by atoms with E-state index in [2.05, 4.69) is 19.8 Å². The number of pyridine rings is 1. The molecule has 192 valence electrons. The van der Waals surface area contributed by atoms with Gasteiger partial charge in [0.2, 0.25) is 11.6 Å². The van der Waals surface area contributed by atoms with Crippen molar-refractivity contribution in [1.29, 1.82) is 0 Å². The number of aromatic nitrogens is 4. The number of carbonyl (C=O) groups excluding carboxylic acids is 2. The predicted molar refractivity (Wildman–Crippen MR) is 126 cm³/mol. The highest BCUT2D eigenvalue weighted by Crippen LogP contribution is 2.35. The van der Waals surface area contributed by atoms with E-state index in [9.17, 15) is 18.4 Å². The second kappa shape index (κ2) is 8.54. The Kier molecular flexibility index (Phi) is 5.73. The molecule has 5 heterocycles. The van der Waals surface area contributed by atoms with Crippen LogP contribution in [0.5, 0.6) is 5.75 Å². The second-order valence-electron chi connectivity index (χ2n) is 9.73. The number of fused-ring (bicyclic) bond motifs is 3. The quantitative estimate of drug-likeness (QED) is 0.543. The van der Waals surface area contributed by atoms with Gasteiger partial charge < -0.3 is 20.1 Å². The normalized spacial score (nSPS) is 20.1. The van der Waals surface area contributed by atoms with Crippen molar-refractivity contribution < 1.29 is 27.8 Å². The Morgan fingerprint density at radius 1 is 1.17 bits per heavy atom. The smallest absolute Gasteiger partial charge is 0.444 e. The van der Waals surface area contributed by atoms with Crippen LogP contribution in [-0.2, 0) is 9.53 Å². The Balaban J connectivity index is 1.49. The van der Waals surface area contributed by atoms with Gasteiger partial charge in [-0.3, -0.25) is 9.69 Å². The molecule has 3 aromatic heterocycles. The molecule has 2 bridgehead atoms. The van der Waals surface area contributed by atoms with Gasteiger partial charge in [0.15, 0.2) is 5.75 Å². The molecule has 0 radical (unpaired) electrons. The number of nitrogens with zero attached hydrogens (tertiary/aromatic N) is 6. The highest BCUT2D eigenvalue weighted by atomic mass is 32.1. The molecular weight excluding hydrogens is 496 g/mol. The summed E-state index contributed by atoms with van der Waals surface area (Å²) < 4.78 is 39.7. The van der Waals surface area contributed by atoms with Crippen LogP contribution in [0.25, 0.3) is 16.3 Å². The number of carbonyl (C=O) groups is 2. The van der Waals surface area contributed by atoms with Crippen LogP contribution in [0.2, 0.25) is 0 Å². The zero-order chi connectivity index (χ0) is 25.8. The highest BCUT2D eigenvalue weighted by molar-refractivity contribution is 7.13. The summed E-state index contributed by atoms with van der Waals surface area (Å²) in [5.74, 6) is -1.99. The topological polar surface area (TPSA) is 128 Å². The largest absolute Gasteiger partial charge is 0.482 e. The monoisotopic (exact) mass is 521 g/mol. The van der Waals surface area contributed by atoms with E-state index in [1.807, 2.05) is 25.7 Å². The van der Waals surface area contributed by atoms with Crippen molar-refractivity contribution in [3.05, 3.63) is 23.7 Å². The molecule has 0 saturated carbocycles. The Morgan fingerprint density at radius 2 is 1.86 bits per heavy atom. The van der Waals surface area contributed by atoms with Crippen molar-refractivity contribution >= 4 is 34.9 Å². The zero-order valence-corrected chi connectivity index (χ0v) is 20.7. The number of hydrogen-bond acceptors (Lipinski definition) is 9. The van der Waals surface area contributed by atoms with Gasteiger partial charge in [-0.15, -0.1) is 16.4 Å². The van der Waals surface area contributed by atoms with Gasteiger partial charge in [-0.2, -0.15) is 13.8 Å². The number of piperazine rings is 1. The van der Waals surface area contributed by atoms with Gasteiger partial charge in [-0.05, 0) is 45.7 Å². The van der Waals surface area contributed by atoms with Crippen molar-refractivity contribution in [3.63, 3.8) is 0 Å². The van der Waals surface area contributed by atoms with Crippen molar-refractivity contribution in [2.45, 2.75) is 57.4 Å². The van der Waals surface area contributed by atoms with Gasteiger partial charge in [0.1, 0.15) is 16.3 Å². The van der Waals surface area contributed by atoms with Gasteiger partial charge in [-0.25, -0.2) is 14.3 Å². The second-order valence-corrected chi connectivity index (χ2v) is 10.6. The number of hydrogen-bond donors (Lipinski definition) is 1. The minimum atomic E-state index is -4.23. The average molecular weight is 522 g/mol. The lowest BCUT2D eigenvalue weighted by Crippen LogP contribution is -2.57. The van der Waals surface area contributed by atoms with Crippen molar-refractivity contribution in [2.24, 2.45) is 5.73 Å². The maximum atomic E-state index is 14.0. The number of anilines is 1. The lowest BCUT2D eigenvalue weighted by atomic mass is 10.2. The highest BCUT2D eigenvalue weighted by Gasteiger charge is 2.45. The molecule has 5 rings (SSSR count). The van der Waals surface area contributed by atoms with E-state index >= 15 is 0 Å². The minimum absolute atomic E-state index is 0.0134. The SMILES string of the molecule is CC(C)(C)OC(=O)N1C2CCC1CN(c1nc3c(OC(F)(F)C(N)=O)ccc(-c4nccs4)n3n1)C2. The van der Waals surface area contributed by atoms with E-state index in [0.717, 1.165) is 12.8 Å². The number of thiazole rings is 1. The Hall–Kier alpha value is -3.55. The molecule has 3 aromatic rings. The molecule has 0 aromatic carbocycles. The molecule has 11 nitrogen and oxygen atoms in total. The summed E-state index contributed by atoms with van der Waals surface area (Å²) in [5.41, 5.74) is 4.69. The third-order valence-electron chi connectivity index (χ3n) is 5.98. The lowest BCUT2D eigenvalue weighted by molar-refractivity contribution is -0.189. The summed E-state index contributed by atoms with van der Waals surface area (Å²) >= 11 is 1.34. The van der Waals surface area contributed by atoms with E-state index in [1.165, 1.54) is 28.0 Å².